The number of benzene rings is 1. The Hall–Kier alpha value is -2.08. The second-order valence-electron chi connectivity index (χ2n) is 7.12. The zero-order chi connectivity index (χ0) is 19.5. The Morgan fingerprint density at radius 3 is 2.61 bits per heavy atom. The van der Waals surface area contributed by atoms with Crippen LogP contribution in [0.3, 0.4) is 0 Å². The minimum absolute atomic E-state index is 0.276. The summed E-state index contributed by atoms with van der Waals surface area (Å²) in [6.07, 6.45) is 6.70. The number of pyridine rings is 1. The van der Waals surface area contributed by atoms with Crippen molar-refractivity contribution in [2.24, 2.45) is 5.92 Å². The average molecular weight is 417 g/mol. The van der Waals surface area contributed by atoms with Crippen LogP contribution in [0.15, 0.2) is 42.7 Å². The minimum atomic E-state index is 0.276. The number of halogens is 2. The van der Waals surface area contributed by atoms with Crippen LogP contribution in [0, 0.1) is 5.92 Å². The average Bonchev–Trinajstić information content (AvgIpc) is 3.21. The first-order valence-electron chi connectivity index (χ1n) is 9.46. The van der Waals surface area contributed by atoms with Crippen LogP contribution in [0.1, 0.15) is 19.3 Å². The van der Waals surface area contributed by atoms with Gasteiger partial charge in [0.2, 0.25) is 0 Å². The fourth-order valence-corrected chi connectivity index (χ4v) is 3.95. The second kappa shape index (κ2) is 8.52. The number of H-pyrrole nitrogens is 1. The van der Waals surface area contributed by atoms with E-state index in [1.54, 1.807) is 12.3 Å². The smallest absolute Gasteiger partial charge is 0.137 e. The van der Waals surface area contributed by atoms with Gasteiger partial charge in [-0.05, 0) is 49.4 Å². The summed E-state index contributed by atoms with van der Waals surface area (Å²) in [4.78, 5) is 14.7. The van der Waals surface area contributed by atoms with Gasteiger partial charge in [0.1, 0.15) is 11.6 Å². The maximum Gasteiger partial charge on any atom is 0.137 e. The fraction of sp³-hybridized carbons (Fsp3) is 0.333. The van der Waals surface area contributed by atoms with Crippen molar-refractivity contribution in [3.8, 4) is 22.6 Å². The Labute approximate surface area is 174 Å². The lowest BCUT2D eigenvalue weighted by atomic mass is 9.94. The molecule has 0 unspecified atom stereocenters. The Bertz CT molecular complexity index is 951. The summed E-state index contributed by atoms with van der Waals surface area (Å²) in [7, 11) is 0. The lowest BCUT2D eigenvalue weighted by Gasteiger charge is -2.32. The van der Waals surface area contributed by atoms with Crippen LogP contribution in [0.25, 0.3) is 22.6 Å². The quantitative estimate of drug-likeness (QED) is 0.610. The van der Waals surface area contributed by atoms with Crippen molar-refractivity contribution < 1.29 is 5.11 Å². The number of imidazole rings is 1. The van der Waals surface area contributed by atoms with E-state index in [0.717, 1.165) is 60.8 Å². The summed E-state index contributed by atoms with van der Waals surface area (Å²) < 4.78 is 0. The molecule has 1 saturated heterocycles. The van der Waals surface area contributed by atoms with Crippen molar-refractivity contribution in [1.29, 1.82) is 0 Å². The number of hydrogen-bond acceptors (Lipinski definition) is 4. The van der Waals surface area contributed by atoms with Crippen molar-refractivity contribution in [3.05, 3.63) is 52.8 Å². The van der Waals surface area contributed by atoms with E-state index in [1.165, 1.54) is 0 Å². The first-order valence-corrected chi connectivity index (χ1v) is 10.2. The normalized spacial score (nSPS) is 15.2. The molecule has 2 N–H and O–H groups in total. The Kier molecular flexibility index (Phi) is 5.85. The van der Waals surface area contributed by atoms with E-state index < -0.39 is 0 Å². The fourth-order valence-electron chi connectivity index (χ4n) is 3.65. The molecular formula is C21H22Cl2N4O. The van der Waals surface area contributed by atoms with E-state index in [1.807, 2.05) is 24.4 Å². The van der Waals surface area contributed by atoms with E-state index in [-0.39, 0.29) is 6.61 Å². The molecule has 3 aromatic rings. The summed E-state index contributed by atoms with van der Waals surface area (Å²) in [6, 6.07) is 9.56. The summed E-state index contributed by atoms with van der Waals surface area (Å²) >= 11 is 12.1. The predicted molar refractivity (Wildman–Crippen MR) is 114 cm³/mol. The Morgan fingerprint density at radius 1 is 1.04 bits per heavy atom. The summed E-state index contributed by atoms with van der Waals surface area (Å²) in [5.41, 5.74) is 2.82. The van der Waals surface area contributed by atoms with Crippen molar-refractivity contribution in [2.45, 2.75) is 19.3 Å². The lowest BCUT2D eigenvalue weighted by Crippen LogP contribution is -2.34. The van der Waals surface area contributed by atoms with E-state index in [9.17, 15) is 0 Å². The molecule has 2 aromatic heterocycles. The molecule has 0 bridgehead atoms. The molecule has 0 aliphatic carbocycles. The van der Waals surface area contributed by atoms with Crippen LogP contribution in [0.2, 0.25) is 10.0 Å². The third kappa shape index (κ3) is 4.17. The SMILES string of the molecule is OCCC1CCN(c2cc(-c3ncc(-c4ccc(Cl)c(Cl)c4)[nH]3)ccn2)CC1. The number of nitrogens with zero attached hydrogens (tertiary/aromatic N) is 3. The number of rotatable bonds is 5. The first-order chi connectivity index (χ1) is 13.6. The zero-order valence-electron chi connectivity index (χ0n) is 15.4. The summed E-state index contributed by atoms with van der Waals surface area (Å²) in [5.74, 6) is 2.37. The highest BCUT2D eigenvalue weighted by atomic mass is 35.5. The molecule has 7 heteroatoms. The van der Waals surface area contributed by atoms with Crippen LogP contribution in [-0.2, 0) is 0 Å². The van der Waals surface area contributed by atoms with Gasteiger partial charge < -0.3 is 15.0 Å². The third-order valence-corrected chi connectivity index (χ3v) is 6.04. The Balaban J connectivity index is 1.52. The molecule has 28 heavy (non-hydrogen) atoms. The van der Waals surface area contributed by atoms with Gasteiger partial charge in [-0.3, -0.25) is 0 Å². The molecule has 1 aliphatic heterocycles. The molecule has 1 aromatic carbocycles. The maximum absolute atomic E-state index is 9.13. The van der Waals surface area contributed by atoms with Gasteiger partial charge in [0.25, 0.3) is 0 Å². The number of piperidine rings is 1. The largest absolute Gasteiger partial charge is 0.396 e. The zero-order valence-corrected chi connectivity index (χ0v) is 16.9. The van der Waals surface area contributed by atoms with Gasteiger partial charge in [0.05, 0.1) is 21.9 Å². The number of aliphatic hydroxyl groups is 1. The molecule has 0 spiro atoms. The molecule has 146 valence electrons. The van der Waals surface area contributed by atoms with Crippen LogP contribution in [-0.4, -0.2) is 39.8 Å². The van der Waals surface area contributed by atoms with Gasteiger partial charge in [-0.15, -0.1) is 0 Å². The third-order valence-electron chi connectivity index (χ3n) is 5.30. The lowest BCUT2D eigenvalue weighted by molar-refractivity contribution is 0.240. The molecule has 3 heterocycles. The van der Waals surface area contributed by atoms with Gasteiger partial charge in [0.15, 0.2) is 0 Å². The monoisotopic (exact) mass is 416 g/mol. The molecule has 5 nitrogen and oxygen atoms in total. The first kappa shape index (κ1) is 19.2. The topological polar surface area (TPSA) is 65.0 Å². The van der Waals surface area contributed by atoms with Gasteiger partial charge in [-0.1, -0.05) is 29.3 Å². The van der Waals surface area contributed by atoms with Gasteiger partial charge in [-0.2, -0.15) is 0 Å². The number of nitrogens with one attached hydrogen (secondary N) is 1. The molecule has 0 amide bonds. The van der Waals surface area contributed by atoms with Gasteiger partial charge >= 0.3 is 0 Å². The molecule has 4 rings (SSSR count). The van der Waals surface area contributed by atoms with Crippen molar-refractivity contribution in [2.75, 3.05) is 24.6 Å². The number of aliphatic hydroxyl groups excluding tert-OH is 1. The molecule has 0 radical (unpaired) electrons. The van der Waals surface area contributed by atoms with Crippen molar-refractivity contribution >= 4 is 29.0 Å². The minimum Gasteiger partial charge on any atom is -0.396 e. The van der Waals surface area contributed by atoms with Crippen molar-refractivity contribution in [3.63, 3.8) is 0 Å². The molecule has 1 aliphatic rings. The number of aromatic amines is 1. The van der Waals surface area contributed by atoms with Crippen LogP contribution in [0.5, 0.6) is 0 Å². The molecule has 0 saturated carbocycles. The van der Waals surface area contributed by atoms with Crippen LogP contribution >= 0.6 is 23.2 Å². The highest BCUT2D eigenvalue weighted by Gasteiger charge is 2.20. The van der Waals surface area contributed by atoms with E-state index in [2.05, 4.69) is 25.9 Å². The number of aromatic nitrogens is 3. The van der Waals surface area contributed by atoms with E-state index >= 15 is 0 Å². The molecule has 0 atom stereocenters. The predicted octanol–water partition coefficient (Wildman–Crippen LogP) is 5.04. The second-order valence-corrected chi connectivity index (χ2v) is 7.93. The van der Waals surface area contributed by atoms with Crippen LogP contribution < -0.4 is 4.90 Å². The van der Waals surface area contributed by atoms with Gasteiger partial charge in [0, 0.05) is 37.0 Å². The summed E-state index contributed by atoms with van der Waals surface area (Å²) in [6.45, 7) is 2.21. The molecule has 1 fully saturated rings. The van der Waals surface area contributed by atoms with Crippen LogP contribution in [0.4, 0.5) is 5.82 Å². The van der Waals surface area contributed by atoms with E-state index in [4.69, 9.17) is 28.3 Å². The van der Waals surface area contributed by atoms with Crippen molar-refractivity contribution in [1.82, 2.24) is 15.0 Å². The van der Waals surface area contributed by atoms with Gasteiger partial charge in [-0.25, -0.2) is 9.97 Å². The highest BCUT2D eigenvalue weighted by Crippen LogP contribution is 2.30. The number of anilines is 1. The summed E-state index contributed by atoms with van der Waals surface area (Å²) in [5, 5.41) is 10.2. The van der Waals surface area contributed by atoms with E-state index in [0.29, 0.717) is 16.0 Å². The maximum atomic E-state index is 9.13. The Morgan fingerprint density at radius 2 is 1.86 bits per heavy atom. The molecular weight excluding hydrogens is 395 g/mol. The highest BCUT2D eigenvalue weighted by molar-refractivity contribution is 6.42. The standard InChI is InChI=1S/C21H22Cl2N4O/c22-17-2-1-15(11-18(17)23)19-13-25-21(26-19)16-3-7-24-20(12-16)27-8-4-14(5-9-27)6-10-28/h1-3,7,11-14,28H,4-6,8-10H2,(H,25,26). The number of hydrogen-bond donors (Lipinski definition) is 2.